The molecule has 0 atom stereocenters. The van der Waals surface area contributed by atoms with Crippen molar-refractivity contribution >= 4 is 15.7 Å². The van der Waals surface area contributed by atoms with Crippen molar-refractivity contribution in [1.82, 2.24) is 9.78 Å². The van der Waals surface area contributed by atoms with E-state index in [1.165, 1.54) is 0 Å². The van der Waals surface area contributed by atoms with Gasteiger partial charge in [-0.05, 0) is 36.8 Å². The summed E-state index contributed by atoms with van der Waals surface area (Å²) in [5.74, 6) is -0.0549. The van der Waals surface area contributed by atoms with Crippen LogP contribution in [-0.2, 0) is 15.8 Å². The third-order valence-electron chi connectivity index (χ3n) is 3.33. The first-order valence-corrected chi connectivity index (χ1v) is 8.83. The highest BCUT2D eigenvalue weighted by molar-refractivity contribution is 7.91. The van der Waals surface area contributed by atoms with Crippen molar-refractivity contribution in [2.45, 2.75) is 12.7 Å². The molecule has 2 aromatic carbocycles. The minimum atomic E-state index is -3.47. The van der Waals surface area contributed by atoms with E-state index in [0.717, 1.165) is 16.8 Å². The van der Waals surface area contributed by atoms with Crippen molar-refractivity contribution in [3.63, 3.8) is 0 Å². The highest BCUT2D eigenvalue weighted by atomic mass is 32.2. The van der Waals surface area contributed by atoms with E-state index in [1.807, 2.05) is 43.3 Å². The second-order valence-electron chi connectivity index (χ2n) is 5.35. The molecule has 0 aliphatic rings. The molecule has 0 bridgehead atoms. The van der Waals surface area contributed by atoms with Crippen LogP contribution in [-0.4, -0.2) is 18.2 Å². The van der Waals surface area contributed by atoms with Crippen LogP contribution in [0.25, 0.3) is 5.69 Å². The largest absolute Gasteiger partial charge is 0.283 e. The third-order valence-corrected chi connectivity index (χ3v) is 4.59. The van der Waals surface area contributed by atoms with Crippen molar-refractivity contribution in [2.75, 3.05) is 4.72 Å². The molecular weight excluding hydrogens is 310 g/mol. The molecule has 6 heteroatoms. The molecule has 0 amide bonds. The topological polar surface area (TPSA) is 64.0 Å². The summed E-state index contributed by atoms with van der Waals surface area (Å²) < 4.78 is 29.0. The Hall–Kier alpha value is -2.60. The molecule has 23 heavy (non-hydrogen) atoms. The van der Waals surface area contributed by atoms with Gasteiger partial charge in [-0.1, -0.05) is 35.9 Å². The Kier molecular flexibility index (Phi) is 4.16. The standard InChI is InChI=1S/C17H17N3O2S/c1-14-5-2-6-15(11-14)13-23(21,22)19-16-7-3-8-17(12-16)20-10-4-9-18-20/h2-12,19H,13H2,1H3. The first-order valence-electron chi connectivity index (χ1n) is 7.18. The number of benzene rings is 2. The SMILES string of the molecule is Cc1cccc(CS(=O)(=O)Nc2cccc(-n3cccn3)c2)c1. The second-order valence-corrected chi connectivity index (χ2v) is 7.07. The lowest BCUT2D eigenvalue weighted by molar-refractivity contribution is 0.600. The highest BCUT2D eigenvalue weighted by Crippen LogP contribution is 2.17. The van der Waals surface area contributed by atoms with Gasteiger partial charge in [0.05, 0.1) is 17.1 Å². The molecule has 0 unspecified atom stereocenters. The fraction of sp³-hybridized carbons (Fsp3) is 0.118. The smallest absolute Gasteiger partial charge is 0.236 e. The van der Waals surface area contributed by atoms with Crippen molar-refractivity contribution in [1.29, 1.82) is 0 Å². The molecule has 0 saturated carbocycles. The van der Waals surface area contributed by atoms with E-state index in [1.54, 1.807) is 35.3 Å². The van der Waals surface area contributed by atoms with Gasteiger partial charge in [-0.3, -0.25) is 4.72 Å². The maximum atomic E-state index is 12.3. The van der Waals surface area contributed by atoms with Crippen LogP contribution in [0.15, 0.2) is 67.0 Å². The Morgan fingerprint density at radius 1 is 1.09 bits per heavy atom. The molecule has 0 aliphatic carbocycles. The van der Waals surface area contributed by atoms with Gasteiger partial charge in [-0.25, -0.2) is 13.1 Å². The Morgan fingerprint density at radius 3 is 2.65 bits per heavy atom. The lowest BCUT2D eigenvalue weighted by atomic mass is 10.2. The van der Waals surface area contributed by atoms with Gasteiger partial charge in [0.25, 0.3) is 0 Å². The van der Waals surface area contributed by atoms with Crippen molar-refractivity contribution in [2.24, 2.45) is 0 Å². The summed E-state index contributed by atoms with van der Waals surface area (Å²) in [4.78, 5) is 0. The fourth-order valence-electron chi connectivity index (χ4n) is 2.37. The van der Waals surface area contributed by atoms with Crippen molar-refractivity contribution in [3.8, 4) is 5.69 Å². The lowest BCUT2D eigenvalue weighted by Gasteiger charge is -2.10. The number of nitrogens with one attached hydrogen (secondary N) is 1. The molecule has 0 saturated heterocycles. The zero-order valence-corrected chi connectivity index (χ0v) is 13.5. The average molecular weight is 327 g/mol. The molecule has 0 spiro atoms. The van der Waals surface area contributed by atoms with Crippen LogP contribution < -0.4 is 4.72 Å². The maximum Gasteiger partial charge on any atom is 0.236 e. The van der Waals surface area contributed by atoms with Crippen LogP contribution in [0.4, 0.5) is 5.69 Å². The number of hydrogen-bond acceptors (Lipinski definition) is 3. The van der Waals surface area contributed by atoms with Crippen LogP contribution in [0.2, 0.25) is 0 Å². The average Bonchev–Trinajstić information content (AvgIpc) is 3.00. The van der Waals surface area contributed by atoms with Gasteiger partial charge in [0.1, 0.15) is 0 Å². The van der Waals surface area contributed by atoms with E-state index in [-0.39, 0.29) is 5.75 Å². The van der Waals surface area contributed by atoms with Crippen LogP contribution in [0, 0.1) is 6.92 Å². The van der Waals surface area contributed by atoms with E-state index < -0.39 is 10.0 Å². The van der Waals surface area contributed by atoms with Crippen LogP contribution in [0.3, 0.4) is 0 Å². The first kappa shape index (κ1) is 15.3. The third kappa shape index (κ3) is 3.98. The summed E-state index contributed by atoms with van der Waals surface area (Å²) in [5, 5.41) is 4.14. The Labute approximate surface area is 135 Å². The van der Waals surface area contributed by atoms with E-state index in [0.29, 0.717) is 5.69 Å². The Balaban J connectivity index is 1.79. The molecule has 118 valence electrons. The number of aromatic nitrogens is 2. The zero-order chi connectivity index (χ0) is 16.3. The molecule has 3 rings (SSSR count). The van der Waals surface area contributed by atoms with Crippen LogP contribution in [0.1, 0.15) is 11.1 Å². The normalized spacial score (nSPS) is 11.3. The Morgan fingerprint density at radius 2 is 1.91 bits per heavy atom. The highest BCUT2D eigenvalue weighted by Gasteiger charge is 2.12. The summed E-state index contributed by atoms with van der Waals surface area (Å²) >= 11 is 0. The summed E-state index contributed by atoms with van der Waals surface area (Å²) in [6, 6.07) is 16.4. The van der Waals surface area contributed by atoms with Crippen LogP contribution >= 0.6 is 0 Å². The van der Waals surface area contributed by atoms with Crippen molar-refractivity contribution < 1.29 is 8.42 Å². The van der Waals surface area contributed by atoms with Gasteiger partial charge in [0.2, 0.25) is 10.0 Å². The fourth-order valence-corrected chi connectivity index (χ4v) is 3.55. The number of aryl methyl sites for hydroxylation is 1. The van der Waals surface area contributed by atoms with Gasteiger partial charge >= 0.3 is 0 Å². The molecule has 0 fully saturated rings. The number of sulfonamides is 1. The zero-order valence-electron chi connectivity index (χ0n) is 12.7. The minimum absolute atomic E-state index is 0.0549. The van der Waals surface area contributed by atoms with Crippen LogP contribution in [0.5, 0.6) is 0 Å². The monoisotopic (exact) mass is 327 g/mol. The second kappa shape index (κ2) is 6.26. The van der Waals surface area contributed by atoms with Gasteiger partial charge in [0, 0.05) is 12.4 Å². The predicted molar refractivity (Wildman–Crippen MR) is 91.0 cm³/mol. The molecule has 0 aliphatic heterocycles. The molecule has 0 radical (unpaired) electrons. The molecule has 1 N–H and O–H groups in total. The minimum Gasteiger partial charge on any atom is -0.283 e. The lowest BCUT2D eigenvalue weighted by Crippen LogP contribution is -2.15. The Bertz CT molecular complexity index is 903. The molecule has 5 nitrogen and oxygen atoms in total. The molecule has 3 aromatic rings. The summed E-state index contributed by atoms with van der Waals surface area (Å²) in [5.41, 5.74) is 3.12. The number of hydrogen-bond donors (Lipinski definition) is 1. The number of rotatable bonds is 5. The predicted octanol–water partition coefficient (Wildman–Crippen LogP) is 3.12. The molecule has 1 heterocycles. The van der Waals surface area contributed by atoms with Gasteiger partial charge < -0.3 is 0 Å². The number of nitrogens with zero attached hydrogens (tertiary/aromatic N) is 2. The first-order chi connectivity index (χ1) is 11.0. The van der Waals surface area contributed by atoms with Gasteiger partial charge in [-0.2, -0.15) is 5.10 Å². The van der Waals surface area contributed by atoms with Gasteiger partial charge in [0.15, 0.2) is 0 Å². The molecule has 1 aromatic heterocycles. The molecular formula is C17H17N3O2S. The quantitative estimate of drug-likeness (QED) is 0.783. The van der Waals surface area contributed by atoms with E-state index in [2.05, 4.69) is 9.82 Å². The van der Waals surface area contributed by atoms with E-state index in [9.17, 15) is 8.42 Å². The summed E-state index contributed by atoms with van der Waals surface area (Å²) in [6.07, 6.45) is 3.48. The van der Waals surface area contributed by atoms with Crippen molar-refractivity contribution in [3.05, 3.63) is 78.1 Å². The summed E-state index contributed by atoms with van der Waals surface area (Å²) in [7, 11) is -3.47. The van der Waals surface area contributed by atoms with Gasteiger partial charge in [-0.15, -0.1) is 0 Å². The van der Waals surface area contributed by atoms with E-state index in [4.69, 9.17) is 0 Å². The number of anilines is 1. The summed E-state index contributed by atoms with van der Waals surface area (Å²) in [6.45, 7) is 1.94. The maximum absolute atomic E-state index is 12.3. The van der Waals surface area contributed by atoms with E-state index >= 15 is 0 Å².